The molecule has 19 heavy (non-hydrogen) atoms. The van der Waals surface area contributed by atoms with Crippen LogP contribution >= 0.6 is 0 Å². The van der Waals surface area contributed by atoms with E-state index in [1.54, 1.807) is 0 Å². The minimum atomic E-state index is -0.142. The van der Waals surface area contributed by atoms with Crippen LogP contribution in [0.25, 0.3) is 0 Å². The average Bonchev–Trinajstić information content (AvgIpc) is 2.48. The second-order valence-corrected chi connectivity index (χ2v) is 6.24. The quantitative estimate of drug-likeness (QED) is 0.880. The molecular formula is C17H27NO. The van der Waals surface area contributed by atoms with E-state index in [0.717, 1.165) is 12.5 Å². The van der Waals surface area contributed by atoms with E-state index in [1.165, 1.54) is 37.9 Å². The van der Waals surface area contributed by atoms with Gasteiger partial charge in [0, 0.05) is 18.5 Å². The molecule has 2 atom stereocenters. The summed E-state index contributed by atoms with van der Waals surface area (Å²) >= 11 is 0. The van der Waals surface area contributed by atoms with Crippen molar-refractivity contribution in [3.63, 3.8) is 0 Å². The third-order valence-electron chi connectivity index (χ3n) is 4.57. The summed E-state index contributed by atoms with van der Waals surface area (Å²) in [6, 6.07) is 10.4. The zero-order valence-corrected chi connectivity index (χ0v) is 12.3. The third kappa shape index (κ3) is 3.58. The Bertz CT molecular complexity index is 378. The van der Waals surface area contributed by atoms with Crippen molar-refractivity contribution < 1.29 is 5.11 Å². The van der Waals surface area contributed by atoms with Crippen molar-refractivity contribution >= 4 is 0 Å². The Morgan fingerprint density at radius 2 is 2.05 bits per heavy atom. The number of benzene rings is 1. The number of aliphatic hydroxyl groups is 1. The highest BCUT2D eigenvalue weighted by molar-refractivity contribution is 5.25. The van der Waals surface area contributed by atoms with Gasteiger partial charge in [0.25, 0.3) is 0 Å². The molecule has 2 heteroatoms. The molecule has 0 aromatic heterocycles. The van der Waals surface area contributed by atoms with Gasteiger partial charge < -0.3 is 10.0 Å². The SMILES string of the molecule is CCC1CCCN(CC(C)(CO)c2ccccc2)C1. The highest BCUT2D eigenvalue weighted by atomic mass is 16.3. The summed E-state index contributed by atoms with van der Waals surface area (Å²) < 4.78 is 0. The van der Waals surface area contributed by atoms with Crippen molar-refractivity contribution in [2.24, 2.45) is 5.92 Å². The van der Waals surface area contributed by atoms with E-state index in [0.29, 0.717) is 0 Å². The summed E-state index contributed by atoms with van der Waals surface area (Å²) in [7, 11) is 0. The Labute approximate surface area is 117 Å². The van der Waals surface area contributed by atoms with Crippen LogP contribution in [0.15, 0.2) is 30.3 Å². The van der Waals surface area contributed by atoms with Crippen LogP contribution < -0.4 is 0 Å². The van der Waals surface area contributed by atoms with Crippen LogP contribution in [0.5, 0.6) is 0 Å². The van der Waals surface area contributed by atoms with Crippen LogP contribution in [0, 0.1) is 5.92 Å². The van der Waals surface area contributed by atoms with Gasteiger partial charge in [-0.25, -0.2) is 0 Å². The summed E-state index contributed by atoms with van der Waals surface area (Å²) in [6.07, 6.45) is 3.95. The Morgan fingerprint density at radius 3 is 2.68 bits per heavy atom. The molecule has 1 aliphatic heterocycles. The fourth-order valence-corrected chi connectivity index (χ4v) is 3.19. The van der Waals surface area contributed by atoms with Crippen molar-refractivity contribution in [1.29, 1.82) is 0 Å². The van der Waals surface area contributed by atoms with Crippen LogP contribution in [0.1, 0.15) is 38.7 Å². The predicted molar refractivity (Wildman–Crippen MR) is 80.3 cm³/mol. The van der Waals surface area contributed by atoms with Gasteiger partial charge in [0.05, 0.1) is 6.61 Å². The molecule has 1 fully saturated rings. The van der Waals surface area contributed by atoms with Gasteiger partial charge in [-0.2, -0.15) is 0 Å². The molecule has 1 heterocycles. The number of rotatable bonds is 5. The fraction of sp³-hybridized carbons (Fsp3) is 0.647. The van der Waals surface area contributed by atoms with E-state index in [2.05, 4.69) is 43.0 Å². The molecule has 1 N–H and O–H groups in total. The maximum absolute atomic E-state index is 9.87. The molecule has 1 aliphatic rings. The lowest BCUT2D eigenvalue weighted by molar-refractivity contribution is 0.107. The van der Waals surface area contributed by atoms with E-state index >= 15 is 0 Å². The first-order chi connectivity index (χ1) is 9.18. The minimum absolute atomic E-state index is 0.142. The first kappa shape index (κ1) is 14.5. The lowest BCUT2D eigenvalue weighted by Gasteiger charge is -2.39. The maximum atomic E-state index is 9.87. The normalized spacial score (nSPS) is 24.1. The van der Waals surface area contributed by atoms with Crippen LogP contribution in [-0.2, 0) is 5.41 Å². The Morgan fingerprint density at radius 1 is 1.32 bits per heavy atom. The van der Waals surface area contributed by atoms with Crippen molar-refractivity contribution in [1.82, 2.24) is 4.90 Å². The molecule has 0 radical (unpaired) electrons. The zero-order valence-electron chi connectivity index (χ0n) is 12.3. The minimum Gasteiger partial charge on any atom is -0.395 e. The van der Waals surface area contributed by atoms with Crippen LogP contribution in [0.3, 0.4) is 0 Å². The van der Waals surface area contributed by atoms with Crippen molar-refractivity contribution in [2.45, 2.75) is 38.5 Å². The third-order valence-corrected chi connectivity index (χ3v) is 4.57. The van der Waals surface area contributed by atoms with Gasteiger partial charge in [-0.05, 0) is 30.9 Å². The van der Waals surface area contributed by atoms with Crippen LogP contribution in [0.2, 0.25) is 0 Å². The molecule has 0 aliphatic carbocycles. The number of likely N-dealkylation sites (tertiary alicyclic amines) is 1. The molecule has 1 aromatic carbocycles. The molecule has 0 bridgehead atoms. The largest absolute Gasteiger partial charge is 0.395 e. The molecule has 2 nitrogen and oxygen atoms in total. The predicted octanol–water partition coefficient (Wildman–Crippen LogP) is 3.06. The average molecular weight is 261 g/mol. The monoisotopic (exact) mass is 261 g/mol. The van der Waals surface area contributed by atoms with Crippen molar-refractivity contribution in [3.8, 4) is 0 Å². The molecular weight excluding hydrogens is 234 g/mol. The van der Waals surface area contributed by atoms with E-state index < -0.39 is 0 Å². The van der Waals surface area contributed by atoms with Crippen molar-refractivity contribution in [2.75, 3.05) is 26.2 Å². The lowest BCUT2D eigenvalue weighted by atomic mass is 9.82. The smallest absolute Gasteiger partial charge is 0.0537 e. The first-order valence-electron chi connectivity index (χ1n) is 7.56. The summed E-state index contributed by atoms with van der Waals surface area (Å²) in [6.45, 7) is 8.01. The van der Waals surface area contributed by atoms with Crippen LogP contribution in [0.4, 0.5) is 0 Å². The lowest BCUT2D eigenvalue weighted by Crippen LogP contribution is -2.45. The number of hydrogen-bond donors (Lipinski definition) is 1. The standard InChI is InChI=1S/C17H27NO/c1-3-15-8-7-11-18(12-15)13-17(2,14-19)16-9-5-4-6-10-16/h4-6,9-10,15,19H,3,7-8,11-14H2,1-2H3. The molecule has 0 amide bonds. The van der Waals surface area contributed by atoms with Crippen LogP contribution in [-0.4, -0.2) is 36.2 Å². The molecule has 2 unspecified atom stereocenters. The van der Waals surface area contributed by atoms with E-state index in [9.17, 15) is 5.11 Å². The molecule has 106 valence electrons. The van der Waals surface area contributed by atoms with Gasteiger partial charge >= 0.3 is 0 Å². The van der Waals surface area contributed by atoms with Gasteiger partial charge in [-0.15, -0.1) is 0 Å². The first-order valence-corrected chi connectivity index (χ1v) is 7.56. The Balaban J connectivity index is 2.06. The Hall–Kier alpha value is -0.860. The van der Waals surface area contributed by atoms with Gasteiger partial charge in [0.1, 0.15) is 0 Å². The topological polar surface area (TPSA) is 23.5 Å². The molecule has 2 rings (SSSR count). The highest BCUT2D eigenvalue weighted by Gasteiger charge is 2.30. The van der Waals surface area contributed by atoms with Gasteiger partial charge in [-0.1, -0.05) is 50.6 Å². The van der Waals surface area contributed by atoms with E-state index in [4.69, 9.17) is 0 Å². The second-order valence-electron chi connectivity index (χ2n) is 6.24. The number of piperidine rings is 1. The summed E-state index contributed by atoms with van der Waals surface area (Å²) in [5, 5.41) is 9.87. The van der Waals surface area contributed by atoms with Gasteiger partial charge in [0.2, 0.25) is 0 Å². The fourth-order valence-electron chi connectivity index (χ4n) is 3.19. The highest BCUT2D eigenvalue weighted by Crippen LogP contribution is 2.27. The number of hydrogen-bond acceptors (Lipinski definition) is 2. The molecule has 1 aromatic rings. The summed E-state index contributed by atoms with van der Waals surface area (Å²) in [5.41, 5.74) is 1.10. The second kappa shape index (κ2) is 6.53. The molecule has 0 saturated carbocycles. The number of nitrogens with zero attached hydrogens (tertiary/aromatic N) is 1. The maximum Gasteiger partial charge on any atom is 0.0537 e. The number of aliphatic hydroxyl groups excluding tert-OH is 1. The van der Waals surface area contributed by atoms with E-state index in [-0.39, 0.29) is 12.0 Å². The van der Waals surface area contributed by atoms with Gasteiger partial charge in [0.15, 0.2) is 0 Å². The van der Waals surface area contributed by atoms with Crippen molar-refractivity contribution in [3.05, 3.63) is 35.9 Å². The molecule has 0 spiro atoms. The zero-order chi connectivity index (χ0) is 13.7. The summed E-state index contributed by atoms with van der Waals surface area (Å²) in [5.74, 6) is 0.840. The van der Waals surface area contributed by atoms with E-state index in [1.807, 2.05) is 6.07 Å². The Kier molecular flexibility index (Phi) is 5.00. The summed E-state index contributed by atoms with van der Waals surface area (Å²) in [4.78, 5) is 2.54. The molecule has 1 saturated heterocycles. The van der Waals surface area contributed by atoms with Gasteiger partial charge in [-0.3, -0.25) is 0 Å².